The van der Waals surface area contributed by atoms with E-state index in [1.54, 1.807) is 4.90 Å². The summed E-state index contributed by atoms with van der Waals surface area (Å²) in [6.45, 7) is 5.87. The zero-order chi connectivity index (χ0) is 19.3. The second kappa shape index (κ2) is 6.67. The maximum atomic E-state index is 12.8. The Balaban J connectivity index is 1.29. The van der Waals surface area contributed by atoms with E-state index in [0.29, 0.717) is 23.9 Å². The minimum absolute atomic E-state index is 0.103. The third-order valence-corrected chi connectivity index (χ3v) is 6.73. The maximum absolute atomic E-state index is 12.8. The molecule has 1 aromatic carbocycles. The van der Waals surface area contributed by atoms with Gasteiger partial charge in [0.25, 0.3) is 5.91 Å². The van der Waals surface area contributed by atoms with Gasteiger partial charge in [-0.05, 0) is 43.0 Å². The Bertz CT molecular complexity index is 848. The molecule has 1 aromatic rings. The largest absolute Gasteiger partial charge is 0.322 e. The quantitative estimate of drug-likeness (QED) is 0.750. The Kier molecular flexibility index (Phi) is 4.25. The predicted molar refractivity (Wildman–Crippen MR) is 102 cm³/mol. The molecule has 4 heterocycles. The molecule has 0 aromatic heterocycles. The van der Waals surface area contributed by atoms with E-state index in [9.17, 15) is 14.4 Å². The fourth-order valence-corrected chi connectivity index (χ4v) is 5.20. The van der Waals surface area contributed by atoms with Crippen LogP contribution in [-0.4, -0.2) is 59.7 Å². The lowest BCUT2D eigenvalue weighted by atomic mass is 9.75. The van der Waals surface area contributed by atoms with Crippen molar-refractivity contribution in [3.05, 3.63) is 34.9 Å². The van der Waals surface area contributed by atoms with Gasteiger partial charge in [-0.3, -0.25) is 24.6 Å². The van der Waals surface area contributed by atoms with Crippen LogP contribution < -0.4 is 10.6 Å². The number of hydrogen-bond acceptors (Lipinski definition) is 5. The van der Waals surface area contributed by atoms with Crippen molar-refractivity contribution in [2.45, 2.75) is 44.8 Å². The number of rotatable bonds is 3. The maximum Gasteiger partial charge on any atom is 0.255 e. The Hall–Kier alpha value is -2.25. The van der Waals surface area contributed by atoms with Crippen molar-refractivity contribution < 1.29 is 14.4 Å². The molecule has 1 unspecified atom stereocenters. The van der Waals surface area contributed by atoms with Gasteiger partial charge in [-0.1, -0.05) is 12.1 Å². The summed E-state index contributed by atoms with van der Waals surface area (Å²) < 4.78 is 0. The van der Waals surface area contributed by atoms with Gasteiger partial charge in [-0.25, -0.2) is 0 Å². The van der Waals surface area contributed by atoms with E-state index in [4.69, 9.17) is 0 Å². The number of nitrogens with zero attached hydrogens (tertiary/aromatic N) is 2. The smallest absolute Gasteiger partial charge is 0.255 e. The Morgan fingerprint density at radius 3 is 2.79 bits per heavy atom. The molecule has 0 aliphatic carbocycles. The van der Waals surface area contributed by atoms with Gasteiger partial charge < -0.3 is 10.2 Å². The number of hydrogen-bond donors (Lipinski definition) is 2. The van der Waals surface area contributed by atoms with Gasteiger partial charge in [0, 0.05) is 50.1 Å². The molecule has 1 atom stereocenters. The number of nitrogens with one attached hydrogen (secondary N) is 2. The molecule has 3 amide bonds. The van der Waals surface area contributed by atoms with Crippen LogP contribution in [0.3, 0.4) is 0 Å². The number of piperidine rings is 2. The van der Waals surface area contributed by atoms with Crippen molar-refractivity contribution in [2.24, 2.45) is 5.41 Å². The van der Waals surface area contributed by atoms with Crippen LogP contribution in [-0.2, 0) is 22.7 Å². The molecule has 3 saturated heterocycles. The van der Waals surface area contributed by atoms with Crippen molar-refractivity contribution in [3.8, 4) is 0 Å². The molecule has 28 heavy (non-hydrogen) atoms. The molecule has 0 radical (unpaired) electrons. The summed E-state index contributed by atoms with van der Waals surface area (Å²) in [5.74, 6) is -0.715. The second-order valence-corrected chi connectivity index (χ2v) is 8.81. The molecule has 3 fully saturated rings. The van der Waals surface area contributed by atoms with Crippen molar-refractivity contribution in [2.75, 3.05) is 26.2 Å². The molecule has 0 bridgehead atoms. The first-order valence-electron chi connectivity index (χ1n) is 10.2. The summed E-state index contributed by atoms with van der Waals surface area (Å²) in [5, 5.41) is 5.77. The summed E-state index contributed by atoms with van der Waals surface area (Å²) in [7, 11) is 0. The van der Waals surface area contributed by atoms with E-state index < -0.39 is 6.04 Å². The zero-order valence-electron chi connectivity index (χ0n) is 16.0. The van der Waals surface area contributed by atoms with Crippen LogP contribution in [0.5, 0.6) is 0 Å². The molecular formula is C21H26N4O3. The number of carbonyl (C=O) groups excluding carboxylic acids is 3. The summed E-state index contributed by atoms with van der Waals surface area (Å²) in [5.41, 5.74) is 3.37. The fourth-order valence-electron chi connectivity index (χ4n) is 5.20. The highest BCUT2D eigenvalue weighted by atomic mass is 16.2. The average molecular weight is 382 g/mol. The highest BCUT2D eigenvalue weighted by Gasteiger charge is 2.41. The lowest BCUT2D eigenvalue weighted by Crippen LogP contribution is -2.60. The van der Waals surface area contributed by atoms with E-state index in [1.165, 1.54) is 18.4 Å². The molecule has 7 nitrogen and oxygen atoms in total. The normalized spacial score (nSPS) is 26.9. The van der Waals surface area contributed by atoms with Crippen LogP contribution in [0, 0.1) is 5.41 Å². The standard InChI is InChI=1S/C21H26N4O3/c26-18-5-4-17(19(27)23-18)25-10-15-8-14(2-3-16(15)20(25)28)9-24-7-1-6-21(13-24)11-22-12-21/h2-3,8,17,22H,1,4-7,9-13H2,(H,23,26,27). The van der Waals surface area contributed by atoms with Crippen LogP contribution in [0.15, 0.2) is 18.2 Å². The van der Waals surface area contributed by atoms with Crippen molar-refractivity contribution in [1.82, 2.24) is 20.4 Å². The first-order chi connectivity index (χ1) is 13.5. The molecule has 5 rings (SSSR count). The summed E-state index contributed by atoms with van der Waals surface area (Å²) in [4.78, 5) is 40.5. The van der Waals surface area contributed by atoms with Crippen molar-refractivity contribution in [1.29, 1.82) is 0 Å². The minimum Gasteiger partial charge on any atom is -0.322 e. The lowest BCUT2D eigenvalue weighted by Gasteiger charge is -2.49. The zero-order valence-corrected chi connectivity index (χ0v) is 16.0. The second-order valence-electron chi connectivity index (χ2n) is 8.81. The van der Waals surface area contributed by atoms with E-state index in [2.05, 4.69) is 21.6 Å². The highest BCUT2D eigenvalue weighted by Crippen LogP contribution is 2.34. The number of carbonyl (C=O) groups is 3. The van der Waals surface area contributed by atoms with Crippen molar-refractivity contribution >= 4 is 17.7 Å². The fraction of sp³-hybridized carbons (Fsp3) is 0.571. The number of likely N-dealkylation sites (tertiary alicyclic amines) is 1. The van der Waals surface area contributed by atoms with E-state index in [-0.39, 0.29) is 24.1 Å². The lowest BCUT2D eigenvalue weighted by molar-refractivity contribution is -0.136. The van der Waals surface area contributed by atoms with E-state index >= 15 is 0 Å². The highest BCUT2D eigenvalue weighted by molar-refractivity contribution is 6.05. The number of imide groups is 1. The van der Waals surface area contributed by atoms with Crippen LogP contribution in [0.1, 0.15) is 47.2 Å². The van der Waals surface area contributed by atoms with Gasteiger partial charge in [0.1, 0.15) is 6.04 Å². The molecule has 2 N–H and O–H groups in total. The van der Waals surface area contributed by atoms with Crippen LogP contribution >= 0.6 is 0 Å². The molecule has 1 spiro atoms. The summed E-state index contributed by atoms with van der Waals surface area (Å²) in [6, 6.07) is 5.53. The summed E-state index contributed by atoms with van der Waals surface area (Å²) >= 11 is 0. The summed E-state index contributed by atoms with van der Waals surface area (Å²) in [6.07, 6.45) is 3.25. The minimum atomic E-state index is -0.547. The molecule has 4 aliphatic heterocycles. The molecule has 7 heteroatoms. The first-order valence-corrected chi connectivity index (χ1v) is 10.2. The van der Waals surface area contributed by atoms with Gasteiger partial charge in [0.05, 0.1) is 0 Å². The Morgan fingerprint density at radius 2 is 2.04 bits per heavy atom. The Morgan fingerprint density at radius 1 is 1.18 bits per heavy atom. The topological polar surface area (TPSA) is 81.8 Å². The van der Waals surface area contributed by atoms with Crippen molar-refractivity contribution in [3.63, 3.8) is 0 Å². The van der Waals surface area contributed by atoms with Gasteiger partial charge >= 0.3 is 0 Å². The van der Waals surface area contributed by atoms with E-state index in [0.717, 1.165) is 38.3 Å². The van der Waals surface area contributed by atoms with Crippen LogP contribution in [0.25, 0.3) is 0 Å². The molecule has 148 valence electrons. The Labute approximate surface area is 164 Å². The van der Waals surface area contributed by atoms with Gasteiger partial charge in [0.15, 0.2) is 0 Å². The first kappa shape index (κ1) is 17.8. The average Bonchev–Trinajstić information content (AvgIpc) is 2.97. The number of amides is 3. The third kappa shape index (κ3) is 3.02. The predicted octanol–water partition coefficient (Wildman–Crippen LogP) is 0.633. The SMILES string of the molecule is O=C1CCC(N2Cc3cc(CN4CCCC5(CNC5)C4)ccc3C2=O)C(=O)N1. The van der Waals surface area contributed by atoms with E-state index in [1.807, 2.05) is 12.1 Å². The van der Waals surface area contributed by atoms with Crippen LogP contribution in [0.2, 0.25) is 0 Å². The van der Waals surface area contributed by atoms with Crippen LogP contribution in [0.4, 0.5) is 0 Å². The third-order valence-electron chi connectivity index (χ3n) is 6.73. The molecular weight excluding hydrogens is 356 g/mol. The number of benzene rings is 1. The monoisotopic (exact) mass is 382 g/mol. The molecule has 0 saturated carbocycles. The molecule has 4 aliphatic rings. The number of fused-ring (bicyclic) bond motifs is 1. The van der Waals surface area contributed by atoms with Gasteiger partial charge in [-0.15, -0.1) is 0 Å². The van der Waals surface area contributed by atoms with Gasteiger partial charge in [0.2, 0.25) is 11.8 Å². The van der Waals surface area contributed by atoms with Gasteiger partial charge in [-0.2, -0.15) is 0 Å².